The zero-order valence-electron chi connectivity index (χ0n) is 17.5. The molecule has 4 rings (SSSR count). The molecule has 154 valence electrons. The van der Waals surface area contributed by atoms with E-state index < -0.39 is 11.6 Å². The van der Waals surface area contributed by atoms with Gasteiger partial charge in [-0.2, -0.15) is 0 Å². The monoisotopic (exact) mass is 388 g/mol. The molecule has 0 bridgehead atoms. The summed E-state index contributed by atoms with van der Waals surface area (Å²) in [6, 6.07) is 0. The number of fused-ring (bicyclic) bond motifs is 5. The van der Waals surface area contributed by atoms with Crippen LogP contribution >= 0.6 is 0 Å². The van der Waals surface area contributed by atoms with Crippen molar-refractivity contribution in [2.24, 2.45) is 34.5 Å². The SMILES string of the molecule is CC(=O)O[C@@]1(C(C)=O)CC[C@@]2(C)[C@@H](CC(=O)[C@@H]3[C@H]2CC[C@]2(C)C(=O)CC[C@H]32)C1. The Bertz CT molecular complexity index is 756. The molecule has 0 saturated heterocycles. The number of ketones is 3. The van der Waals surface area contributed by atoms with Gasteiger partial charge in [0.05, 0.1) is 0 Å². The highest BCUT2D eigenvalue weighted by atomic mass is 16.6. The van der Waals surface area contributed by atoms with Gasteiger partial charge >= 0.3 is 5.97 Å². The number of hydrogen-bond donors (Lipinski definition) is 0. The molecule has 4 saturated carbocycles. The van der Waals surface area contributed by atoms with Gasteiger partial charge in [0.15, 0.2) is 11.4 Å². The highest BCUT2D eigenvalue weighted by Crippen LogP contribution is 2.65. The second kappa shape index (κ2) is 6.24. The third-order valence-electron chi connectivity index (χ3n) is 9.20. The number of carbonyl (C=O) groups excluding carboxylic acids is 4. The zero-order valence-corrected chi connectivity index (χ0v) is 17.5. The number of Topliss-reactive ketones (excluding diaryl/α,β-unsaturated/α-hetero) is 3. The van der Waals surface area contributed by atoms with Crippen molar-refractivity contribution in [1.82, 2.24) is 0 Å². The van der Waals surface area contributed by atoms with Crippen LogP contribution in [0.5, 0.6) is 0 Å². The van der Waals surface area contributed by atoms with E-state index in [4.69, 9.17) is 4.74 Å². The minimum Gasteiger partial charge on any atom is -0.451 e. The van der Waals surface area contributed by atoms with Crippen LogP contribution in [0.15, 0.2) is 0 Å². The third kappa shape index (κ3) is 2.57. The molecule has 0 spiro atoms. The van der Waals surface area contributed by atoms with Gasteiger partial charge < -0.3 is 4.74 Å². The second-order valence-corrected chi connectivity index (χ2v) is 10.4. The van der Waals surface area contributed by atoms with Crippen LogP contribution in [0, 0.1) is 34.5 Å². The van der Waals surface area contributed by atoms with Gasteiger partial charge in [0, 0.05) is 31.1 Å². The largest absolute Gasteiger partial charge is 0.451 e. The Labute approximate surface area is 167 Å². The maximum atomic E-state index is 13.3. The first-order valence-electron chi connectivity index (χ1n) is 10.8. The fourth-order valence-electron chi connectivity index (χ4n) is 7.44. The van der Waals surface area contributed by atoms with Crippen molar-refractivity contribution in [2.75, 3.05) is 0 Å². The summed E-state index contributed by atoms with van der Waals surface area (Å²) in [5, 5.41) is 0. The molecular weight excluding hydrogens is 356 g/mol. The lowest BCUT2D eigenvalue weighted by molar-refractivity contribution is -0.187. The summed E-state index contributed by atoms with van der Waals surface area (Å²) >= 11 is 0. The molecule has 0 aliphatic heterocycles. The van der Waals surface area contributed by atoms with Crippen LogP contribution in [0.1, 0.15) is 79.1 Å². The molecule has 0 aromatic carbocycles. The van der Waals surface area contributed by atoms with Crippen LogP contribution in [0.25, 0.3) is 0 Å². The van der Waals surface area contributed by atoms with Crippen LogP contribution in [0.2, 0.25) is 0 Å². The molecule has 0 radical (unpaired) electrons. The average Bonchev–Trinajstić information content (AvgIpc) is 2.91. The summed E-state index contributed by atoms with van der Waals surface area (Å²) in [6.45, 7) is 7.20. The molecule has 7 atom stereocenters. The van der Waals surface area contributed by atoms with Gasteiger partial charge in [-0.15, -0.1) is 0 Å². The van der Waals surface area contributed by atoms with Crippen LogP contribution in [-0.4, -0.2) is 28.9 Å². The van der Waals surface area contributed by atoms with Crippen molar-refractivity contribution in [1.29, 1.82) is 0 Å². The fourth-order valence-corrected chi connectivity index (χ4v) is 7.44. The number of hydrogen-bond acceptors (Lipinski definition) is 5. The molecule has 4 fully saturated rings. The first-order chi connectivity index (χ1) is 13.0. The molecule has 5 nitrogen and oxygen atoms in total. The van der Waals surface area contributed by atoms with E-state index in [-0.39, 0.29) is 46.1 Å². The first kappa shape index (κ1) is 19.8. The Hall–Kier alpha value is -1.52. The first-order valence-corrected chi connectivity index (χ1v) is 10.8. The minimum atomic E-state index is -1.07. The Kier molecular flexibility index (Phi) is 4.41. The fraction of sp³-hybridized carbons (Fsp3) is 0.826. The van der Waals surface area contributed by atoms with Crippen molar-refractivity contribution in [2.45, 2.75) is 84.7 Å². The number of rotatable bonds is 2. The van der Waals surface area contributed by atoms with E-state index in [1.807, 2.05) is 0 Å². The number of esters is 1. The van der Waals surface area contributed by atoms with E-state index >= 15 is 0 Å². The second-order valence-electron chi connectivity index (χ2n) is 10.4. The van der Waals surface area contributed by atoms with Gasteiger partial charge in [0.25, 0.3) is 0 Å². The van der Waals surface area contributed by atoms with E-state index in [9.17, 15) is 19.2 Å². The van der Waals surface area contributed by atoms with Crippen LogP contribution in [0.4, 0.5) is 0 Å². The van der Waals surface area contributed by atoms with Gasteiger partial charge in [-0.25, -0.2) is 0 Å². The number of ether oxygens (including phenoxy) is 1. The lowest BCUT2D eigenvalue weighted by Gasteiger charge is -2.60. The van der Waals surface area contributed by atoms with Crippen molar-refractivity contribution < 1.29 is 23.9 Å². The smallest absolute Gasteiger partial charge is 0.303 e. The summed E-state index contributed by atoms with van der Waals surface area (Å²) in [7, 11) is 0. The summed E-state index contributed by atoms with van der Waals surface area (Å²) in [4.78, 5) is 50.0. The minimum absolute atomic E-state index is 0.0231. The molecule has 0 amide bonds. The Balaban J connectivity index is 1.66. The molecule has 4 aliphatic carbocycles. The normalized spacial score (nSPS) is 47.7. The van der Waals surface area contributed by atoms with Crippen LogP contribution in [0.3, 0.4) is 0 Å². The maximum Gasteiger partial charge on any atom is 0.303 e. The van der Waals surface area contributed by atoms with E-state index in [1.54, 1.807) is 0 Å². The lowest BCUT2D eigenvalue weighted by atomic mass is 9.44. The predicted octanol–water partition coefficient (Wildman–Crippen LogP) is 3.67. The van der Waals surface area contributed by atoms with E-state index in [0.29, 0.717) is 31.5 Å². The molecule has 0 heterocycles. The zero-order chi connectivity index (χ0) is 20.5. The molecule has 0 aromatic rings. The predicted molar refractivity (Wildman–Crippen MR) is 102 cm³/mol. The standard InChI is InChI=1S/C23H32O5/c1-13(24)23(28-14(2)25)10-9-21(3)15(12-23)11-18(26)20-16-5-6-19(27)22(16,4)8-7-17(20)21/h15-17,20H,5-12H2,1-4H3/t15-,16+,17+,20-,21-,22-,23-/m0/s1. The van der Waals surface area contributed by atoms with Crippen molar-refractivity contribution in [3.8, 4) is 0 Å². The van der Waals surface area contributed by atoms with Gasteiger partial charge in [-0.1, -0.05) is 13.8 Å². The molecule has 5 heteroatoms. The van der Waals surface area contributed by atoms with Crippen molar-refractivity contribution >= 4 is 23.3 Å². The summed E-state index contributed by atoms with van der Waals surface area (Å²) in [6.07, 6.45) is 5.44. The Morgan fingerprint density at radius 1 is 1.00 bits per heavy atom. The molecule has 4 aliphatic rings. The molecule has 0 unspecified atom stereocenters. The number of carbonyl (C=O) groups is 4. The van der Waals surface area contributed by atoms with Crippen LogP contribution < -0.4 is 0 Å². The van der Waals surface area contributed by atoms with E-state index in [2.05, 4.69) is 13.8 Å². The quantitative estimate of drug-likeness (QED) is 0.675. The average molecular weight is 389 g/mol. The molecule has 28 heavy (non-hydrogen) atoms. The van der Waals surface area contributed by atoms with Gasteiger partial charge in [0.2, 0.25) is 0 Å². The molecule has 0 N–H and O–H groups in total. The van der Waals surface area contributed by atoms with Crippen molar-refractivity contribution in [3.63, 3.8) is 0 Å². The van der Waals surface area contributed by atoms with Crippen LogP contribution in [-0.2, 0) is 23.9 Å². The van der Waals surface area contributed by atoms with E-state index in [1.165, 1.54) is 13.8 Å². The highest BCUT2D eigenvalue weighted by molar-refractivity contribution is 5.91. The highest BCUT2D eigenvalue weighted by Gasteiger charge is 2.64. The molecule has 0 aromatic heterocycles. The Morgan fingerprint density at radius 2 is 1.71 bits per heavy atom. The van der Waals surface area contributed by atoms with Gasteiger partial charge in [-0.3, -0.25) is 19.2 Å². The van der Waals surface area contributed by atoms with Crippen molar-refractivity contribution in [3.05, 3.63) is 0 Å². The summed E-state index contributed by atoms with van der Waals surface area (Å²) < 4.78 is 5.56. The lowest BCUT2D eigenvalue weighted by Crippen LogP contribution is -2.60. The Morgan fingerprint density at radius 3 is 2.36 bits per heavy atom. The molecular formula is C23H32O5. The summed E-state index contributed by atoms with van der Waals surface area (Å²) in [5.41, 5.74) is -1.43. The maximum absolute atomic E-state index is 13.3. The topological polar surface area (TPSA) is 77.5 Å². The van der Waals surface area contributed by atoms with Gasteiger partial charge in [0.1, 0.15) is 11.6 Å². The van der Waals surface area contributed by atoms with E-state index in [0.717, 1.165) is 25.7 Å². The van der Waals surface area contributed by atoms with Gasteiger partial charge in [-0.05, 0) is 68.6 Å². The summed E-state index contributed by atoms with van der Waals surface area (Å²) in [5.74, 6) is 0.533. The third-order valence-corrected chi connectivity index (χ3v) is 9.20.